The molecule has 0 aliphatic carbocycles. The smallest absolute Gasteiger partial charge is 0.261 e. The van der Waals surface area contributed by atoms with Crippen molar-refractivity contribution >= 4 is 17.5 Å². The van der Waals surface area contributed by atoms with Crippen molar-refractivity contribution in [1.29, 1.82) is 0 Å². The second kappa shape index (κ2) is 7.91. The van der Waals surface area contributed by atoms with Crippen LogP contribution in [-0.4, -0.2) is 44.4 Å². The highest BCUT2D eigenvalue weighted by molar-refractivity contribution is 6.11. The Hall–Kier alpha value is -4.20. The molecule has 0 bridgehead atoms. The summed E-state index contributed by atoms with van der Waals surface area (Å²) in [6.45, 7) is 1.31. The van der Waals surface area contributed by atoms with E-state index in [0.29, 0.717) is 43.2 Å². The molecule has 0 radical (unpaired) electrons. The average Bonchev–Trinajstić information content (AvgIpc) is 3.67. The second-order valence-corrected chi connectivity index (χ2v) is 9.43. The number of rotatable bonds is 5. The van der Waals surface area contributed by atoms with Crippen molar-refractivity contribution in [3.05, 3.63) is 77.4 Å². The first-order valence-corrected chi connectivity index (χ1v) is 12.2. The topological polar surface area (TPSA) is 86.3 Å². The van der Waals surface area contributed by atoms with Gasteiger partial charge in [0, 0.05) is 36.8 Å². The van der Waals surface area contributed by atoms with Crippen LogP contribution in [0.25, 0.3) is 0 Å². The monoisotopic (exact) mass is 484 g/mol. The number of anilines is 1. The van der Waals surface area contributed by atoms with E-state index in [2.05, 4.69) is 5.32 Å². The van der Waals surface area contributed by atoms with Gasteiger partial charge in [0.1, 0.15) is 23.5 Å². The number of carbonyl (C=O) groups excluding carboxylic acids is 2. The highest BCUT2D eigenvalue weighted by Gasteiger charge is 2.57. The molecule has 2 amide bonds. The van der Waals surface area contributed by atoms with Crippen molar-refractivity contribution in [3.8, 4) is 23.0 Å². The van der Waals surface area contributed by atoms with Crippen LogP contribution in [0.15, 0.2) is 60.7 Å². The Morgan fingerprint density at radius 1 is 0.944 bits per heavy atom. The van der Waals surface area contributed by atoms with Crippen LogP contribution in [-0.2, 0) is 21.4 Å². The molecule has 8 heteroatoms. The minimum absolute atomic E-state index is 0.0257. The number of amides is 2. The van der Waals surface area contributed by atoms with E-state index in [1.807, 2.05) is 65.6 Å². The van der Waals surface area contributed by atoms with Crippen molar-refractivity contribution in [2.75, 3.05) is 31.4 Å². The van der Waals surface area contributed by atoms with Crippen LogP contribution in [0.5, 0.6) is 23.0 Å². The van der Waals surface area contributed by atoms with Gasteiger partial charge in [-0.1, -0.05) is 36.4 Å². The number of fused-ring (bicyclic) bond motifs is 6. The zero-order valence-electron chi connectivity index (χ0n) is 19.5. The molecule has 36 heavy (non-hydrogen) atoms. The van der Waals surface area contributed by atoms with Gasteiger partial charge in [-0.05, 0) is 35.7 Å². The summed E-state index contributed by atoms with van der Waals surface area (Å²) in [5.74, 6) is 2.51. The molecule has 0 saturated heterocycles. The molecule has 4 heterocycles. The number of nitrogens with zero attached hydrogens (tertiary/aromatic N) is 1. The predicted octanol–water partition coefficient (Wildman–Crippen LogP) is 2.95. The summed E-state index contributed by atoms with van der Waals surface area (Å²) in [7, 11) is 0. The number of hydrogen-bond donors (Lipinski definition) is 1. The first kappa shape index (κ1) is 21.1. The average molecular weight is 485 g/mol. The summed E-state index contributed by atoms with van der Waals surface area (Å²) in [6.07, 6.45) is 0.663. The third-order valence-electron chi connectivity index (χ3n) is 7.44. The molecule has 2 unspecified atom stereocenters. The van der Waals surface area contributed by atoms with Gasteiger partial charge >= 0.3 is 0 Å². The molecule has 4 aliphatic rings. The third kappa shape index (κ3) is 3.00. The van der Waals surface area contributed by atoms with Gasteiger partial charge in [0.25, 0.3) is 5.91 Å². The van der Waals surface area contributed by atoms with E-state index >= 15 is 0 Å². The Bertz CT molecular complexity index is 1380. The summed E-state index contributed by atoms with van der Waals surface area (Å²) in [5, 5.41) is 2.97. The van der Waals surface area contributed by atoms with Gasteiger partial charge in [-0.3, -0.25) is 9.59 Å². The Balaban J connectivity index is 1.07. The van der Waals surface area contributed by atoms with Crippen LogP contribution in [0.2, 0.25) is 0 Å². The molecule has 3 aromatic rings. The van der Waals surface area contributed by atoms with E-state index in [9.17, 15) is 9.59 Å². The molecule has 1 spiro atoms. The zero-order valence-corrected chi connectivity index (χ0v) is 19.5. The van der Waals surface area contributed by atoms with E-state index in [0.717, 1.165) is 28.1 Å². The summed E-state index contributed by atoms with van der Waals surface area (Å²) in [5.41, 5.74) is 2.73. The maximum absolute atomic E-state index is 14.0. The second-order valence-electron chi connectivity index (χ2n) is 9.43. The normalized spacial score (nSPS) is 22.2. The van der Waals surface area contributed by atoms with E-state index in [1.165, 1.54) is 0 Å². The minimum atomic E-state index is -0.917. The molecule has 0 aromatic heterocycles. The van der Waals surface area contributed by atoms with Gasteiger partial charge in [-0.15, -0.1) is 0 Å². The van der Waals surface area contributed by atoms with Crippen molar-refractivity contribution < 1.29 is 28.5 Å². The van der Waals surface area contributed by atoms with E-state index in [1.54, 1.807) is 0 Å². The number of hydrogen-bond acceptors (Lipinski definition) is 6. The molecule has 182 valence electrons. The van der Waals surface area contributed by atoms with Crippen LogP contribution in [0.3, 0.4) is 0 Å². The highest BCUT2D eigenvalue weighted by Crippen LogP contribution is 2.54. The van der Waals surface area contributed by atoms with E-state index < -0.39 is 11.5 Å². The quantitative estimate of drug-likeness (QED) is 0.561. The Labute approximate surface area is 207 Å². The van der Waals surface area contributed by atoms with E-state index in [-0.39, 0.29) is 25.2 Å². The fraction of sp³-hybridized carbons (Fsp3) is 0.286. The minimum Gasteiger partial charge on any atom is -0.491 e. The van der Waals surface area contributed by atoms with Gasteiger partial charge in [0.2, 0.25) is 12.7 Å². The first-order chi connectivity index (χ1) is 17.6. The lowest BCUT2D eigenvalue weighted by atomic mass is 9.77. The largest absolute Gasteiger partial charge is 0.491 e. The van der Waals surface area contributed by atoms with Crippen molar-refractivity contribution in [1.82, 2.24) is 5.32 Å². The van der Waals surface area contributed by atoms with Gasteiger partial charge in [-0.2, -0.15) is 0 Å². The lowest BCUT2D eigenvalue weighted by Crippen LogP contribution is -2.43. The van der Waals surface area contributed by atoms with Crippen LogP contribution in [0, 0.1) is 0 Å². The maximum Gasteiger partial charge on any atom is 0.261 e. The van der Waals surface area contributed by atoms with Crippen molar-refractivity contribution in [2.24, 2.45) is 0 Å². The Morgan fingerprint density at radius 3 is 2.64 bits per heavy atom. The molecule has 1 N–H and O–H groups in total. The zero-order chi connectivity index (χ0) is 24.3. The van der Waals surface area contributed by atoms with Gasteiger partial charge in [0.05, 0.1) is 0 Å². The van der Waals surface area contributed by atoms with Crippen LogP contribution >= 0.6 is 0 Å². The van der Waals surface area contributed by atoms with Crippen molar-refractivity contribution in [2.45, 2.75) is 24.4 Å². The molecule has 0 fully saturated rings. The van der Waals surface area contributed by atoms with Gasteiger partial charge < -0.3 is 29.2 Å². The van der Waals surface area contributed by atoms with Gasteiger partial charge in [0.15, 0.2) is 17.6 Å². The summed E-state index contributed by atoms with van der Waals surface area (Å²) in [6, 6.07) is 19.2. The molecular formula is C28H24N2O6. The lowest BCUT2D eigenvalue weighted by molar-refractivity contribution is -0.127. The summed E-state index contributed by atoms with van der Waals surface area (Å²) < 4.78 is 22.9. The third-order valence-corrected chi connectivity index (χ3v) is 7.44. The van der Waals surface area contributed by atoms with E-state index in [4.69, 9.17) is 18.9 Å². The fourth-order valence-electron chi connectivity index (χ4n) is 5.68. The molecule has 2 atom stereocenters. The summed E-state index contributed by atoms with van der Waals surface area (Å²) >= 11 is 0. The molecule has 8 nitrogen and oxygen atoms in total. The number of ether oxygens (including phenoxy) is 4. The highest BCUT2D eigenvalue weighted by atomic mass is 16.7. The summed E-state index contributed by atoms with van der Waals surface area (Å²) in [4.78, 5) is 28.4. The predicted molar refractivity (Wildman–Crippen MR) is 130 cm³/mol. The number of para-hydroxylation sites is 2. The van der Waals surface area contributed by atoms with Crippen molar-refractivity contribution in [3.63, 3.8) is 0 Å². The Kier molecular flexibility index (Phi) is 4.64. The maximum atomic E-state index is 14.0. The molecule has 7 rings (SSSR count). The molecule has 0 saturated carbocycles. The van der Waals surface area contributed by atoms with Crippen LogP contribution in [0.4, 0.5) is 5.69 Å². The van der Waals surface area contributed by atoms with Gasteiger partial charge in [-0.25, -0.2) is 0 Å². The molecular weight excluding hydrogens is 460 g/mol. The molecule has 4 aliphatic heterocycles. The van der Waals surface area contributed by atoms with Crippen LogP contribution in [0.1, 0.15) is 23.1 Å². The number of benzene rings is 3. The molecule has 3 aromatic carbocycles. The standard InChI is InChI=1S/C28H24N2O6/c31-26(25-12-17-6-1-4-9-21(17)36-25)29-10-5-11-30-20-8-3-2-7-18(20)28(27(30)32)15-33-22-14-24-23(13-19(22)28)34-16-35-24/h1-4,6-9,13-14,25H,5,10-12,15-16H2,(H,29,31). The first-order valence-electron chi connectivity index (χ1n) is 12.2. The lowest BCUT2D eigenvalue weighted by Gasteiger charge is -2.23. The number of carbonyl (C=O) groups is 2. The number of nitrogens with one attached hydrogen (secondary N) is 1. The van der Waals surface area contributed by atoms with Crippen LogP contribution < -0.4 is 29.2 Å². The fourth-order valence-corrected chi connectivity index (χ4v) is 5.68. The SMILES string of the molecule is O=C(NCCCN1C(=O)C2(COc3cc4c(cc32)OCO4)c2ccccc21)C1Cc2ccccc2O1. The Morgan fingerprint density at radius 2 is 1.75 bits per heavy atom.